The summed E-state index contributed by atoms with van der Waals surface area (Å²) >= 11 is 0. The van der Waals surface area contributed by atoms with Crippen LogP contribution in [0.4, 0.5) is 0 Å². The maximum atomic E-state index is 11.7. The minimum absolute atomic E-state index is 0.195. The Morgan fingerprint density at radius 3 is 2.50 bits per heavy atom. The zero-order chi connectivity index (χ0) is 10.1. The molecule has 0 aliphatic heterocycles. The van der Waals surface area contributed by atoms with Gasteiger partial charge in [-0.25, -0.2) is 0 Å². The third kappa shape index (κ3) is 2.08. The highest BCUT2D eigenvalue weighted by molar-refractivity contribution is 5.79. The summed E-state index contributed by atoms with van der Waals surface area (Å²) in [4.78, 5) is 11.7. The maximum Gasteiger partial charge on any atom is 0.223 e. The molecule has 0 bridgehead atoms. The fourth-order valence-electron chi connectivity index (χ4n) is 2.59. The highest BCUT2D eigenvalue weighted by Crippen LogP contribution is 2.28. The smallest absolute Gasteiger partial charge is 0.223 e. The molecule has 0 spiro atoms. The molecular weight excluding hydrogens is 176 g/mol. The highest BCUT2D eigenvalue weighted by atomic mass is 16.1. The number of amides is 1. The lowest BCUT2D eigenvalue weighted by molar-refractivity contribution is -0.126. The van der Waals surface area contributed by atoms with E-state index in [1.54, 1.807) is 0 Å². The molecule has 0 aromatic rings. The Kier molecular flexibility index (Phi) is 2.77. The number of carbonyl (C=O) groups excluding carboxylic acids is 1. The molecule has 2 saturated carbocycles. The fourth-order valence-corrected chi connectivity index (χ4v) is 2.59. The van der Waals surface area contributed by atoms with Crippen molar-refractivity contribution in [3.05, 3.63) is 0 Å². The van der Waals surface area contributed by atoms with E-state index in [4.69, 9.17) is 5.73 Å². The molecule has 0 radical (unpaired) electrons. The third-order valence-corrected chi connectivity index (χ3v) is 3.56. The molecular formula is C11H20N2O. The summed E-state index contributed by atoms with van der Waals surface area (Å²) in [5, 5.41) is 3.11. The van der Waals surface area contributed by atoms with Crippen LogP contribution in [0.3, 0.4) is 0 Å². The number of rotatable bonds is 2. The van der Waals surface area contributed by atoms with E-state index in [-0.39, 0.29) is 17.9 Å². The average Bonchev–Trinajstić information content (AvgIpc) is 2.49. The van der Waals surface area contributed by atoms with Crippen LogP contribution in [0.25, 0.3) is 0 Å². The van der Waals surface area contributed by atoms with Gasteiger partial charge in [0, 0.05) is 18.0 Å². The predicted octanol–water partition coefficient (Wildman–Crippen LogP) is 1.03. The van der Waals surface area contributed by atoms with E-state index in [1.807, 2.05) is 0 Å². The Morgan fingerprint density at radius 2 is 2.00 bits per heavy atom. The van der Waals surface area contributed by atoms with Crippen molar-refractivity contribution >= 4 is 5.91 Å². The van der Waals surface area contributed by atoms with Crippen molar-refractivity contribution in [2.24, 2.45) is 17.6 Å². The van der Waals surface area contributed by atoms with Gasteiger partial charge >= 0.3 is 0 Å². The van der Waals surface area contributed by atoms with E-state index in [1.165, 1.54) is 0 Å². The van der Waals surface area contributed by atoms with Gasteiger partial charge in [0.2, 0.25) is 5.91 Å². The van der Waals surface area contributed by atoms with E-state index in [0.29, 0.717) is 6.04 Å². The first-order valence-electron chi connectivity index (χ1n) is 5.71. The van der Waals surface area contributed by atoms with Gasteiger partial charge in [0.15, 0.2) is 0 Å². The van der Waals surface area contributed by atoms with Gasteiger partial charge in [0.1, 0.15) is 0 Å². The van der Waals surface area contributed by atoms with Crippen LogP contribution < -0.4 is 11.1 Å². The summed E-state index contributed by atoms with van der Waals surface area (Å²) in [5.74, 6) is 1.24. The first-order chi connectivity index (χ1) is 6.65. The minimum atomic E-state index is 0.195. The van der Waals surface area contributed by atoms with Gasteiger partial charge in [0.05, 0.1) is 0 Å². The number of carbonyl (C=O) groups is 1. The average molecular weight is 196 g/mol. The van der Waals surface area contributed by atoms with Crippen molar-refractivity contribution in [1.82, 2.24) is 5.32 Å². The zero-order valence-electron chi connectivity index (χ0n) is 8.83. The molecule has 3 heteroatoms. The second kappa shape index (κ2) is 3.89. The Bertz CT molecular complexity index is 223. The molecule has 2 fully saturated rings. The molecule has 2 rings (SSSR count). The molecule has 2 aliphatic carbocycles. The fraction of sp³-hybridized carbons (Fsp3) is 0.909. The first kappa shape index (κ1) is 9.97. The number of hydrogen-bond donors (Lipinski definition) is 2. The van der Waals surface area contributed by atoms with Crippen molar-refractivity contribution < 1.29 is 4.79 Å². The highest BCUT2D eigenvalue weighted by Gasteiger charge is 2.32. The molecule has 80 valence electrons. The monoisotopic (exact) mass is 196 g/mol. The van der Waals surface area contributed by atoms with Crippen molar-refractivity contribution in [2.75, 3.05) is 0 Å². The van der Waals surface area contributed by atoms with Crippen LogP contribution in [0.5, 0.6) is 0 Å². The summed E-state index contributed by atoms with van der Waals surface area (Å²) in [6, 6.07) is 0.709. The molecule has 2 atom stereocenters. The predicted molar refractivity (Wildman–Crippen MR) is 55.6 cm³/mol. The van der Waals surface area contributed by atoms with E-state index in [9.17, 15) is 4.79 Å². The summed E-state index contributed by atoms with van der Waals surface area (Å²) in [5.41, 5.74) is 5.78. The molecule has 2 aliphatic rings. The van der Waals surface area contributed by atoms with Crippen molar-refractivity contribution in [2.45, 2.75) is 51.1 Å². The topological polar surface area (TPSA) is 55.1 Å². The molecule has 0 heterocycles. The Labute approximate surface area is 85.4 Å². The summed E-state index contributed by atoms with van der Waals surface area (Å²) in [6.07, 6.45) is 5.19. The van der Waals surface area contributed by atoms with Crippen LogP contribution in [0, 0.1) is 11.8 Å². The quantitative estimate of drug-likeness (QED) is 0.693. The summed E-state index contributed by atoms with van der Waals surface area (Å²) < 4.78 is 0. The van der Waals surface area contributed by atoms with Gasteiger partial charge in [-0.3, -0.25) is 4.79 Å². The van der Waals surface area contributed by atoms with Crippen molar-refractivity contribution in [3.63, 3.8) is 0 Å². The molecule has 3 nitrogen and oxygen atoms in total. The number of nitrogens with one attached hydrogen (secondary N) is 1. The maximum absolute atomic E-state index is 11.7. The van der Waals surface area contributed by atoms with Crippen LogP contribution in [-0.4, -0.2) is 18.0 Å². The van der Waals surface area contributed by atoms with Gasteiger partial charge < -0.3 is 11.1 Å². The lowest BCUT2D eigenvalue weighted by Crippen LogP contribution is -2.45. The second-order valence-electron chi connectivity index (χ2n) is 5.05. The molecule has 3 N–H and O–H groups in total. The molecule has 0 saturated heterocycles. The first-order valence-corrected chi connectivity index (χ1v) is 5.71. The van der Waals surface area contributed by atoms with E-state index in [0.717, 1.165) is 38.0 Å². The molecule has 1 amide bonds. The Hall–Kier alpha value is -0.570. The van der Waals surface area contributed by atoms with Gasteiger partial charge in [-0.2, -0.15) is 0 Å². The van der Waals surface area contributed by atoms with E-state index < -0.39 is 0 Å². The van der Waals surface area contributed by atoms with E-state index in [2.05, 4.69) is 12.2 Å². The molecule has 14 heavy (non-hydrogen) atoms. The number of hydrogen-bond acceptors (Lipinski definition) is 2. The third-order valence-electron chi connectivity index (χ3n) is 3.56. The minimum Gasteiger partial charge on any atom is -0.353 e. The second-order valence-corrected chi connectivity index (χ2v) is 5.05. The number of nitrogens with two attached hydrogens (primary N) is 1. The van der Waals surface area contributed by atoms with Crippen LogP contribution in [-0.2, 0) is 4.79 Å². The molecule has 0 aromatic carbocycles. The van der Waals surface area contributed by atoms with Gasteiger partial charge in [-0.05, 0) is 38.0 Å². The molecule has 2 unspecified atom stereocenters. The standard InChI is InChI=1S/C11H20N2O/c1-7-4-10(5-7)13-11(14)8-2-3-9(12)6-8/h7-10H,2-6,12H2,1H3,(H,13,14). The summed E-state index contributed by atoms with van der Waals surface area (Å²) in [6.45, 7) is 2.23. The summed E-state index contributed by atoms with van der Waals surface area (Å²) in [7, 11) is 0. The lowest BCUT2D eigenvalue weighted by atomic mass is 9.81. The van der Waals surface area contributed by atoms with Crippen LogP contribution in [0.2, 0.25) is 0 Å². The SMILES string of the molecule is CC1CC(NC(=O)C2CCC(N)C2)C1. The Morgan fingerprint density at radius 1 is 1.29 bits per heavy atom. The van der Waals surface area contributed by atoms with Crippen molar-refractivity contribution in [1.29, 1.82) is 0 Å². The largest absolute Gasteiger partial charge is 0.353 e. The van der Waals surface area contributed by atoms with Crippen LogP contribution >= 0.6 is 0 Å². The van der Waals surface area contributed by atoms with E-state index >= 15 is 0 Å². The van der Waals surface area contributed by atoms with Gasteiger partial charge in [-0.1, -0.05) is 6.92 Å². The van der Waals surface area contributed by atoms with Gasteiger partial charge in [0.25, 0.3) is 0 Å². The van der Waals surface area contributed by atoms with Crippen LogP contribution in [0.15, 0.2) is 0 Å². The lowest BCUT2D eigenvalue weighted by Gasteiger charge is -2.34. The van der Waals surface area contributed by atoms with Crippen molar-refractivity contribution in [3.8, 4) is 0 Å². The molecule has 0 aromatic heterocycles. The zero-order valence-corrected chi connectivity index (χ0v) is 8.83. The normalized spacial score (nSPS) is 41.9. The Balaban J connectivity index is 1.73. The van der Waals surface area contributed by atoms with Gasteiger partial charge in [-0.15, -0.1) is 0 Å². The van der Waals surface area contributed by atoms with Crippen LogP contribution in [0.1, 0.15) is 39.0 Å².